The van der Waals surface area contributed by atoms with E-state index in [1.165, 1.54) is 18.9 Å². The first-order valence-corrected chi connectivity index (χ1v) is 8.93. The van der Waals surface area contributed by atoms with Gasteiger partial charge in [-0.25, -0.2) is 0 Å². The Hall–Kier alpha value is -0.860. The van der Waals surface area contributed by atoms with Gasteiger partial charge in [-0.2, -0.15) is 0 Å². The highest BCUT2D eigenvalue weighted by Crippen LogP contribution is 2.44. The van der Waals surface area contributed by atoms with Crippen molar-refractivity contribution in [2.24, 2.45) is 23.2 Å². The highest BCUT2D eigenvalue weighted by molar-refractivity contribution is 5.92. The lowest BCUT2D eigenvalue weighted by Gasteiger charge is -2.38. The van der Waals surface area contributed by atoms with Crippen LogP contribution in [0.2, 0.25) is 0 Å². The van der Waals surface area contributed by atoms with Crippen molar-refractivity contribution in [2.45, 2.75) is 72.6 Å². The third kappa shape index (κ3) is 4.57. The summed E-state index contributed by atoms with van der Waals surface area (Å²) in [5, 5.41) is 10.2. The molecule has 2 unspecified atom stereocenters. The van der Waals surface area contributed by atoms with Crippen LogP contribution in [0.5, 0.6) is 0 Å². The third-order valence-electron chi connectivity index (χ3n) is 5.99. The van der Waals surface area contributed by atoms with Crippen molar-refractivity contribution in [1.29, 1.82) is 0 Å². The van der Waals surface area contributed by atoms with E-state index in [2.05, 4.69) is 13.8 Å². The van der Waals surface area contributed by atoms with E-state index in [1.807, 2.05) is 6.92 Å². The molecular weight excluding hydrogens is 279 g/mol. The van der Waals surface area contributed by atoms with E-state index in [1.54, 1.807) is 6.92 Å². The van der Waals surface area contributed by atoms with E-state index in [0.717, 1.165) is 25.7 Å². The van der Waals surface area contributed by atoms with E-state index in [-0.39, 0.29) is 29.3 Å². The molecule has 1 aliphatic carbocycles. The average molecular weight is 312 g/mol. The van der Waals surface area contributed by atoms with Gasteiger partial charge in [-0.15, -0.1) is 0 Å². The number of halogens is 1. The Morgan fingerprint density at radius 1 is 1.27 bits per heavy atom. The van der Waals surface area contributed by atoms with Crippen LogP contribution >= 0.6 is 0 Å². The number of alkyl halides is 1. The predicted octanol–water partition coefficient (Wildman–Crippen LogP) is 5.63. The molecule has 0 aliphatic heterocycles. The fraction of sp³-hybridized carbons (Fsp3) is 0.842. The molecule has 0 aromatic rings. The molecule has 2 nitrogen and oxygen atoms in total. The molecule has 128 valence electrons. The molecule has 1 fully saturated rings. The summed E-state index contributed by atoms with van der Waals surface area (Å²) in [5.74, 6) is -0.356. The van der Waals surface area contributed by atoms with E-state index < -0.39 is 6.67 Å². The summed E-state index contributed by atoms with van der Waals surface area (Å²) in [6.45, 7) is 7.70. The van der Waals surface area contributed by atoms with Crippen LogP contribution in [-0.4, -0.2) is 17.6 Å². The number of aliphatic hydroxyl groups excluding tert-OH is 1. The second-order valence-electron chi connectivity index (χ2n) is 7.10. The number of rotatable bonds is 8. The predicted molar refractivity (Wildman–Crippen MR) is 89.6 cm³/mol. The Labute approximate surface area is 135 Å². The van der Waals surface area contributed by atoms with Gasteiger partial charge in [0, 0.05) is 17.9 Å². The number of hydrogen-bond donors (Lipinski definition) is 1. The van der Waals surface area contributed by atoms with Crippen molar-refractivity contribution >= 4 is 5.78 Å². The molecule has 1 saturated carbocycles. The van der Waals surface area contributed by atoms with Crippen LogP contribution in [0.25, 0.3) is 0 Å². The standard InChI is InChI=1S/C19H33FO2/c1-5-16(14(4)13-20)18(22)12-17(21)15-8-10-19(6-2,7-3)11-9-15/h12,14-16,22H,5-11,13H2,1-4H3. The number of allylic oxidation sites excluding steroid dienone is 2. The highest BCUT2D eigenvalue weighted by atomic mass is 19.1. The van der Waals surface area contributed by atoms with Crippen molar-refractivity contribution in [3.63, 3.8) is 0 Å². The highest BCUT2D eigenvalue weighted by Gasteiger charge is 2.34. The Morgan fingerprint density at radius 2 is 1.82 bits per heavy atom. The minimum absolute atomic E-state index is 0.0304. The van der Waals surface area contributed by atoms with Gasteiger partial charge in [0.25, 0.3) is 0 Å². The van der Waals surface area contributed by atoms with Crippen molar-refractivity contribution in [2.75, 3.05) is 6.67 Å². The van der Waals surface area contributed by atoms with Crippen molar-refractivity contribution in [3.05, 3.63) is 11.8 Å². The molecule has 1 aliphatic rings. The second kappa shape index (κ2) is 8.69. The van der Waals surface area contributed by atoms with Crippen LogP contribution in [0.1, 0.15) is 72.6 Å². The van der Waals surface area contributed by atoms with Gasteiger partial charge < -0.3 is 5.11 Å². The molecule has 0 bridgehead atoms. The topological polar surface area (TPSA) is 37.3 Å². The molecule has 0 aromatic heterocycles. The number of hydrogen-bond acceptors (Lipinski definition) is 2. The van der Waals surface area contributed by atoms with Crippen LogP contribution in [0.4, 0.5) is 4.39 Å². The largest absolute Gasteiger partial charge is 0.512 e. The number of carbonyl (C=O) groups is 1. The summed E-state index contributed by atoms with van der Waals surface area (Å²) in [6, 6.07) is 0. The van der Waals surface area contributed by atoms with Crippen molar-refractivity contribution in [1.82, 2.24) is 0 Å². The summed E-state index contributed by atoms with van der Waals surface area (Å²) in [5.41, 5.74) is 0.414. The molecule has 1 N–H and O–H groups in total. The maximum atomic E-state index is 12.8. The Kier molecular flexibility index (Phi) is 7.58. The lowest BCUT2D eigenvalue weighted by Crippen LogP contribution is -2.29. The summed E-state index contributed by atoms with van der Waals surface area (Å²) in [6.07, 6.45) is 8.43. The minimum Gasteiger partial charge on any atom is -0.512 e. The van der Waals surface area contributed by atoms with E-state index in [4.69, 9.17) is 0 Å². The number of ketones is 1. The molecule has 0 heterocycles. The molecule has 0 aromatic carbocycles. The van der Waals surface area contributed by atoms with Crippen LogP contribution in [0, 0.1) is 23.2 Å². The molecular formula is C19H33FO2. The monoisotopic (exact) mass is 312 g/mol. The van der Waals surface area contributed by atoms with Gasteiger partial charge >= 0.3 is 0 Å². The van der Waals surface area contributed by atoms with E-state index >= 15 is 0 Å². The second-order valence-corrected chi connectivity index (χ2v) is 7.10. The van der Waals surface area contributed by atoms with Gasteiger partial charge in [0.1, 0.15) is 0 Å². The van der Waals surface area contributed by atoms with Crippen molar-refractivity contribution < 1.29 is 14.3 Å². The summed E-state index contributed by atoms with van der Waals surface area (Å²) < 4.78 is 12.8. The SMILES string of the molecule is CCC(C(O)=CC(=O)C1CCC(CC)(CC)CC1)C(C)CF. The average Bonchev–Trinajstić information content (AvgIpc) is 2.55. The van der Waals surface area contributed by atoms with Gasteiger partial charge in [0.05, 0.1) is 12.4 Å². The lowest BCUT2D eigenvalue weighted by atomic mass is 9.66. The van der Waals surface area contributed by atoms with Crippen LogP contribution in [0.15, 0.2) is 11.8 Å². The maximum Gasteiger partial charge on any atom is 0.162 e. The molecule has 22 heavy (non-hydrogen) atoms. The third-order valence-corrected chi connectivity index (χ3v) is 5.99. The zero-order chi connectivity index (χ0) is 16.8. The zero-order valence-corrected chi connectivity index (χ0v) is 14.7. The Balaban J connectivity index is 2.67. The first-order valence-electron chi connectivity index (χ1n) is 8.93. The fourth-order valence-electron chi connectivity index (χ4n) is 3.85. The van der Waals surface area contributed by atoms with Crippen molar-refractivity contribution in [3.8, 4) is 0 Å². The molecule has 1 rings (SSSR count). The van der Waals surface area contributed by atoms with Gasteiger partial charge in [0.2, 0.25) is 0 Å². The molecule has 0 saturated heterocycles. The molecule has 3 heteroatoms. The maximum absolute atomic E-state index is 12.8. The molecule has 2 atom stereocenters. The molecule has 0 spiro atoms. The smallest absolute Gasteiger partial charge is 0.162 e. The molecule has 0 amide bonds. The number of carbonyl (C=O) groups excluding carboxylic acids is 1. The minimum atomic E-state index is -0.469. The normalized spacial score (nSPS) is 22.3. The Bertz CT molecular complexity index is 375. The first-order chi connectivity index (χ1) is 10.4. The quantitative estimate of drug-likeness (QED) is 0.466. The summed E-state index contributed by atoms with van der Waals surface area (Å²) in [4.78, 5) is 12.4. The Morgan fingerprint density at radius 3 is 2.23 bits per heavy atom. The van der Waals surface area contributed by atoms with Crippen LogP contribution in [-0.2, 0) is 4.79 Å². The van der Waals surface area contributed by atoms with Crippen LogP contribution < -0.4 is 0 Å². The van der Waals surface area contributed by atoms with Gasteiger partial charge in [-0.05, 0) is 43.4 Å². The molecule has 0 radical (unpaired) electrons. The van der Waals surface area contributed by atoms with Gasteiger partial charge in [0.15, 0.2) is 5.78 Å². The lowest BCUT2D eigenvalue weighted by molar-refractivity contribution is -0.120. The summed E-state index contributed by atoms with van der Waals surface area (Å²) in [7, 11) is 0. The summed E-state index contributed by atoms with van der Waals surface area (Å²) >= 11 is 0. The van der Waals surface area contributed by atoms with Crippen LogP contribution in [0.3, 0.4) is 0 Å². The van der Waals surface area contributed by atoms with Gasteiger partial charge in [-0.1, -0.05) is 40.5 Å². The van der Waals surface area contributed by atoms with E-state index in [0.29, 0.717) is 11.8 Å². The fourth-order valence-corrected chi connectivity index (χ4v) is 3.85. The number of aliphatic hydroxyl groups is 1. The first kappa shape index (κ1) is 19.2. The zero-order valence-electron chi connectivity index (χ0n) is 14.7. The van der Waals surface area contributed by atoms with E-state index in [9.17, 15) is 14.3 Å². The van der Waals surface area contributed by atoms with Gasteiger partial charge in [-0.3, -0.25) is 9.18 Å².